The first kappa shape index (κ1) is 16.8. The van der Waals surface area contributed by atoms with Gasteiger partial charge in [0.25, 0.3) is 0 Å². The molecule has 1 aliphatic carbocycles. The second kappa shape index (κ2) is 7.21. The van der Waals surface area contributed by atoms with Gasteiger partial charge in [-0.25, -0.2) is 4.98 Å². The SMILES string of the molecule is COc1ccc(NC(=O)C(=O)N[C@@H]2C[C@@H]2c2ccccc2OC)cn1. The van der Waals surface area contributed by atoms with Crippen molar-refractivity contribution < 1.29 is 19.1 Å². The van der Waals surface area contributed by atoms with Crippen LogP contribution in [0.25, 0.3) is 0 Å². The molecule has 1 aromatic heterocycles. The minimum absolute atomic E-state index is 0.0662. The number of aromatic nitrogens is 1. The summed E-state index contributed by atoms with van der Waals surface area (Å²) in [7, 11) is 3.12. The van der Waals surface area contributed by atoms with E-state index in [4.69, 9.17) is 9.47 Å². The fraction of sp³-hybridized carbons (Fsp3) is 0.278. The monoisotopic (exact) mass is 341 g/mol. The van der Waals surface area contributed by atoms with E-state index < -0.39 is 11.8 Å². The Bertz CT molecular complexity index is 776. The molecule has 2 atom stereocenters. The van der Waals surface area contributed by atoms with Gasteiger partial charge in [0, 0.05) is 18.0 Å². The Balaban J connectivity index is 1.55. The molecule has 0 unspecified atom stereocenters. The van der Waals surface area contributed by atoms with Gasteiger partial charge < -0.3 is 20.1 Å². The average Bonchev–Trinajstić information content (AvgIpc) is 3.41. The van der Waals surface area contributed by atoms with E-state index in [1.807, 2.05) is 24.3 Å². The summed E-state index contributed by atoms with van der Waals surface area (Å²) < 4.78 is 10.3. The summed E-state index contributed by atoms with van der Waals surface area (Å²) in [6, 6.07) is 10.8. The molecule has 7 heteroatoms. The van der Waals surface area contributed by atoms with Crippen LogP contribution in [-0.4, -0.2) is 37.1 Å². The third kappa shape index (κ3) is 3.88. The summed E-state index contributed by atoms with van der Waals surface area (Å²) in [5.74, 6) is -0.00972. The zero-order valence-electron chi connectivity index (χ0n) is 14.0. The molecule has 7 nitrogen and oxygen atoms in total. The Kier molecular flexibility index (Phi) is 4.83. The van der Waals surface area contributed by atoms with Gasteiger partial charge in [0.05, 0.1) is 26.1 Å². The quantitative estimate of drug-likeness (QED) is 0.808. The van der Waals surface area contributed by atoms with Gasteiger partial charge in [-0.1, -0.05) is 18.2 Å². The lowest BCUT2D eigenvalue weighted by molar-refractivity contribution is -0.136. The van der Waals surface area contributed by atoms with Gasteiger partial charge in [-0.15, -0.1) is 0 Å². The largest absolute Gasteiger partial charge is 0.496 e. The van der Waals surface area contributed by atoms with Crippen molar-refractivity contribution in [3.05, 3.63) is 48.2 Å². The van der Waals surface area contributed by atoms with Gasteiger partial charge in [0.2, 0.25) is 5.88 Å². The second-order valence-corrected chi connectivity index (χ2v) is 5.71. The van der Waals surface area contributed by atoms with Crippen molar-refractivity contribution >= 4 is 17.5 Å². The molecule has 0 bridgehead atoms. The number of rotatable bonds is 5. The number of hydrogen-bond acceptors (Lipinski definition) is 5. The number of pyridine rings is 1. The van der Waals surface area contributed by atoms with E-state index in [2.05, 4.69) is 15.6 Å². The number of nitrogens with one attached hydrogen (secondary N) is 2. The van der Waals surface area contributed by atoms with Gasteiger partial charge in [0.15, 0.2) is 0 Å². The van der Waals surface area contributed by atoms with E-state index in [0.717, 1.165) is 17.7 Å². The predicted molar refractivity (Wildman–Crippen MR) is 91.7 cm³/mol. The van der Waals surface area contributed by atoms with Crippen molar-refractivity contribution in [2.75, 3.05) is 19.5 Å². The molecule has 1 saturated carbocycles. The second-order valence-electron chi connectivity index (χ2n) is 5.71. The highest BCUT2D eigenvalue weighted by molar-refractivity contribution is 6.39. The summed E-state index contributed by atoms with van der Waals surface area (Å²) in [5, 5.41) is 5.25. The minimum atomic E-state index is -0.724. The predicted octanol–water partition coefficient (Wildman–Crippen LogP) is 1.71. The standard InChI is InChI=1S/C18H19N3O4/c1-24-15-6-4-3-5-12(15)13-9-14(13)21-18(23)17(22)20-11-7-8-16(25-2)19-10-11/h3-8,10,13-14H,9H2,1-2H3,(H,20,22)(H,21,23)/t13-,14-/m1/s1. The smallest absolute Gasteiger partial charge is 0.313 e. The topological polar surface area (TPSA) is 89.5 Å². The molecule has 1 fully saturated rings. The number of para-hydroxylation sites is 1. The van der Waals surface area contributed by atoms with E-state index >= 15 is 0 Å². The first-order chi connectivity index (χ1) is 12.1. The molecular formula is C18H19N3O4. The van der Waals surface area contributed by atoms with Crippen LogP contribution in [0.3, 0.4) is 0 Å². The number of hydrogen-bond donors (Lipinski definition) is 2. The number of benzene rings is 1. The fourth-order valence-electron chi connectivity index (χ4n) is 2.67. The van der Waals surface area contributed by atoms with E-state index in [1.54, 1.807) is 19.2 Å². The molecule has 0 aliphatic heterocycles. The zero-order chi connectivity index (χ0) is 17.8. The zero-order valence-corrected chi connectivity index (χ0v) is 14.0. The van der Waals surface area contributed by atoms with Gasteiger partial charge >= 0.3 is 11.8 Å². The van der Waals surface area contributed by atoms with E-state index in [9.17, 15) is 9.59 Å². The van der Waals surface area contributed by atoms with Gasteiger partial charge in [-0.3, -0.25) is 9.59 Å². The molecule has 2 aromatic rings. The number of methoxy groups -OCH3 is 2. The number of amides is 2. The van der Waals surface area contributed by atoms with Crippen LogP contribution < -0.4 is 20.1 Å². The van der Waals surface area contributed by atoms with Gasteiger partial charge in [0.1, 0.15) is 5.75 Å². The van der Waals surface area contributed by atoms with E-state index in [-0.39, 0.29) is 12.0 Å². The molecule has 1 heterocycles. The van der Waals surface area contributed by atoms with Crippen LogP contribution >= 0.6 is 0 Å². The third-order valence-corrected chi connectivity index (χ3v) is 4.05. The van der Waals surface area contributed by atoms with Crippen molar-refractivity contribution in [2.24, 2.45) is 0 Å². The maximum Gasteiger partial charge on any atom is 0.313 e. The number of ether oxygens (including phenoxy) is 2. The van der Waals surface area contributed by atoms with E-state index in [1.165, 1.54) is 13.3 Å². The summed E-state index contributed by atoms with van der Waals surface area (Å²) in [5.41, 5.74) is 1.47. The molecule has 1 aliphatic rings. The first-order valence-electron chi connectivity index (χ1n) is 7.87. The summed E-state index contributed by atoms with van der Waals surface area (Å²) in [4.78, 5) is 28.0. The number of carbonyl (C=O) groups excluding carboxylic acids is 2. The number of carbonyl (C=O) groups is 2. The Morgan fingerprint density at radius 3 is 2.56 bits per heavy atom. The Morgan fingerprint density at radius 2 is 1.88 bits per heavy atom. The molecule has 25 heavy (non-hydrogen) atoms. The number of anilines is 1. The van der Waals surface area contributed by atoms with Crippen LogP contribution in [-0.2, 0) is 9.59 Å². The maximum atomic E-state index is 12.1. The molecule has 2 amide bonds. The third-order valence-electron chi connectivity index (χ3n) is 4.05. The molecule has 0 radical (unpaired) electrons. The molecule has 0 spiro atoms. The van der Waals surface area contributed by atoms with Gasteiger partial charge in [-0.05, 0) is 24.1 Å². The molecular weight excluding hydrogens is 322 g/mol. The lowest BCUT2D eigenvalue weighted by atomic mass is 10.1. The van der Waals surface area contributed by atoms with E-state index in [0.29, 0.717) is 11.6 Å². The van der Waals surface area contributed by atoms with Crippen molar-refractivity contribution in [2.45, 2.75) is 18.4 Å². The van der Waals surface area contributed by atoms with Crippen LogP contribution in [0.1, 0.15) is 17.9 Å². The van der Waals surface area contributed by atoms with Crippen molar-refractivity contribution in [3.63, 3.8) is 0 Å². The Hall–Kier alpha value is -3.09. The van der Waals surface area contributed by atoms with Crippen LogP contribution in [0.2, 0.25) is 0 Å². The Labute approximate surface area is 145 Å². The average molecular weight is 341 g/mol. The van der Waals surface area contributed by atoms with Crippen molar-refractivity contribution in [1.82, 2.24) is 10.3 Å². The molecule has 0 saturated heterocycles. The van der Waals surface area contributed by atoms with Crippen molar-refractivity contribution in [1.29, 1.82) is 0 Å². The van der Waals surface area contributed by atoms with Crippen LogP contribution in [0, 0.1) is 0 Å². The van der Waals surface area contributed by atoms with Crippen LogP contribution in [0.15, 0.2) is 42.6 Å². The summed E-state index contributed by atoms with van der Waals surface area (Å²) in [6.45, 7) is 0. The molecule has 2 N–H and O–H groups in total. The van der Waals surface area contributed by atoms with Crippen LogP contribution in [0.4, 0.5) is 5.69 Å². The van der Waals surface area contributed by atoms with Gasteiger partial charge in [-0.2, -0.15) is 0 Å². The normalized spacial score (nSPS) is 18.2. The lowest BCUT2D eigenvalue weighted by Crippen LogP contribution is -2.37. The highest BCUT2D eigenvalue weighted by atomic mass is 16.5. The molecule has 3 rings (SSSR count). The number of nitrogens with zero attached hydrogens (tertiary/aromatic N) is 1. The highest BCUT2D eigenvalue weighted by Gasteiger charge is 2.41. The first-order valence-corrected chi connectivity index (χ1v) is 7.87. The molecule has 130 valence electrons. The minimum Gasteiger partial charge on any atom is -0.496 e. The maximum absolute atomic E-state index is 12.1. The summed E-state index contributed by atoms with van der Waals surface area (Å²) >= 11 is 0. The Morgan fingerprint density at radius 1 is 1.08 bits per heavy atom. The van der Waals surface area contributed by atoms with Crippen LogP contribution in [0.5, 0.6) is 11.6 Å². The molecule has 1 aromatic carbocycles. The summed E-state index contributed by atoms with van der Waals surface area (Å²) in [6.07, 6.45) is 2.21. The fourth-order valence-corrected chi connectivity index (χ4v) is 2.67. The lowest BCUT2D eigenvalue weighted by Gasteiger charge is -2.09. The highest BCUT2D eigenvalue weighted by Crippen LogP contribution is 2.44. The van der Waals surface area contributed by atoms with Crippen molar-refractivity contribution in [3.8, 4) is 11.6 Å².